The molecular weight excluding hydrogens is 468 g/mol. The van der Waals surface area contributed by atoms with E-state index < -0.39 is 0 Å². The summed E-state index contributed by atoms with van der Waals surface area (Å²) in [6.45, 7) is 8.35. The van der Waals surface area contributed by atoms with Crippen molar-refractivity contribution in [3.63, 3.8) is 0 Å². The molecule has 1 heterocycles. The van der Waals surface area contributed by atoms with Crippen molar-refractivity contribution in [3.05, 3.63) is 108 Å². The summed E-state index contributed by atoms with van der Waals surface area (Å²) in [5.74, 6) is 0.638. The predicted octanol–water partition coefficient (Wildman–Crippen LogP) is 4.50. The van der Waals surface area contributed by atoms with Gasteiger partial charge in [-0.25, -0.2) is 0 Å². The van der Waals surface area contributed by atoms with Gasteiger partial charge in [-0.1, -0.05) is 97.9 Å². The summed E-state index contributed by atoms with van der Waals surface area (Å²) in [7, 11) is 2.11. The Bertz CT molecular complexity index is 1210. The highest BCUT2D eigenvalue weighted by molar-refractivity contribution is 5.78. The largest absolute Gasteiger partial charge is 0.339 e. The van der Waals surface area contributed by atoms with Crippen LogP contribution < -0.4 is 11.1 Å². The lowest BCUT2D eigenvalue weighted by molar-refractivity contribution is -0.132. The molecule has 3 fully saturated rings. The molecule has 1 amide bonds. The molecule has 2 saturated carbocycles. The van der Waals surface area contributed by atoms with Crippen molar-refractivity contribution < 1.29 is 4.79 Å². The maximum Gasteiger partial charge on any atom is 0.236 e. The second kappa shape index (κ2) is 10.6. The number of nitrogens with zero attached hydrogens (tertiary/aromatic N) is 2. The third-order valence-corrected chi connectivity index (χ3v) is 9.13. The average molecular weight is 511 g/mol. The Balaban J connectivity index is 0.000000204. The highest BCUT2D eigenvalue weighted by Crippen LogP contribution is 2.58. The first-order chi connectivity index (χ1) is 18.3. The molecule has 0 aromatic heterocycles. The monoisotopic (exact) mass is 510 g/mol. The third-order valence-electron chi connectivity index (χ3n) is 9.13. The van der Waals surface area contributed by atoms with Gasteiger partial charge in [0.05, 0.1) is 12.1 Å². The second-order valence-corrected chi connectivity index (χ2v) is 11.8. The lowest BCUT2D eigenvalue weighted by Crippen LogP contribution is -2.50. The summed E-state index contributed by atoms with van der Waals surface area (Å²) in [6, 6.07) is 31.7. The van der Waals surface area contributed by atoms with Crippen LogP contribution in [0.5, 0.6) is 0 Å². The zero-order valence-corrected chi connectivity index (χ0v) is 23.1. The van der Waals surface area contributed by atoms with E-state index in [1.165, 1.54) is 16.7 Å². The Morgan fingerprint density at radius 2 is 1.34 bits per heavy atom. The molecule has 5 nitrogen and oxygen atoms in total. The zero-order valence-electron chi connectivity index (χ0n) is 23.1. The van der Waals surface area contributed by atoms with Crippen molar-refractivity contribution in [3.8, 4) is 0 Å². The Labute approximate surface area is 228 Å². The number of carbonyl (C=O) groups is 1. The first kappa shape index (κ1) is 26.6. The Morgan fingerprint density at radius 3 is 1.87 bits per heavy atom. The van der Waals surface area contributed by atoms with Crippen LogP contribution in [0.3, 0.4) is 0 Å². The van der Waals surface area contributed by atoms with Gasteiger partial charge in [0.1, 0.15) is 0 Å². The number of rotatable bonds is 6. The molecule has 200 valence electrons. The molecule has 0 bridgehead atoms. The summed E-state index contributed by atoms with van der Waals surface area (Å²) < 4.78 is 0. The van der Waals surface area contributed by atoms with Crippen LogP contribution in [0.4, 0.5) is 0 Å². The Morgan fingerprint density at radius 1 is 0.842 bits per heavy atom. The highest BCUT2D eigenvalue weighted by Gasteiger charge is 2.59. The van der Waals surface area contributed by atoms with Crippen LogP contribution in [-0.4, -0.2) is 61.0 Å². The molecule has 1 saturated heterocycles. The maximum atomic E-state index is 12.7. The Kier molecular flexibility index (Phi) is 7.45. The maximum absolute atomic E-state index is 12.7. The smallest absolute Gasteiger partial charge is 0.236 e. The number of nitrogens with two attached hydrogens (primary N) is 1. The van der Waals surface area contributed by atoms with E-state index in [1.54, 1.807) is 0 Å². The van der Waals surface area contributed by atoms with Crippen molar-refractivity contribution in [2.75, 3.05) is 39.8 Å². The van der Waals surface area contributed by atoms with Gasteiger partial charge in [-0.05, 0) is 43.5 Å². The molecule has 0 spiro atoms. The van der Waals surface area contributed by atoms with Gasteiger partial charge in [0.25, 0.3) is 0 Å². The number of hydrogen-bond acceptors (Lipinski definition) is 4. The van der Waals surface area contributed by atoms with E-state index in [9.17, 15) is 4.79 Å². The van der Waals surface area contributed by atoms with Crippen LogP contribution in [0.25, 0.3) is 0 Å². The molecule has 3 N–H and O–H groups in total. The van der Waals surface area contributed by atoms with E-state index in [1.807, 2.05) is 17.0 Å². The Hall–Kier alpha value is -2.99. The van der Waals surface area contributed by atoms with E-state index in [4.69, 9.17) is 5.73 Å². The van der Waals surface area contributed by atoms with Crippen LogP contribution in [0.15, 0.2) is 91.0 Å². The predicted molar refractivity (Wildman–Crippen MR) is 155 cm³/mol. The number of piperazine rings is 1. The second-order valence-electron chi connectivity index (χ2n) is 11.8. The van der Waals surface area contributed by atoms with Gasteiger partial charge in [0, 0.05) is 43.1 Å². The highest BCUT2D eigenvalue weighted by atomic mass is 16.2. The normalized spacial score (nSPS) is 30.2. The molecule has 38 heavy (non-hydrogen) atoms. The van der Waals surface area contributed by atoms with Gasteiger partial charge in [0.2, 0.25) is 5.91 Å². The number of amides is 1. The first-order valence-corrected chi connectivity index (χ1v) is 13.9. The summed E-state index contributed by atoms with van der Waals surface area (Å²) in [4.78, 5) is 17.0. The van der Waals surface area contributed by atoms with Gasteiger partial charge >= 0.3 is 0 Å². The molecule has 4 atom stereocenters. The fraction of sp³-hybridized carbons (Fsp3) is 0.424. The van der Waals surface area contributed by atoms with Crippen molar-refractivity contribution in [1.29, 1.82) is 0 Å². The number of benzene rings is 3. The van der Waals surface area contributed by atoms with Gasteiger partial charge in [0.15, 0.2) is 0 Å². The van der Waals surface area contributed by atoms with Gasteiger partial charge < -0.3 is 15.5 Å². The fourth-order valence-corrected chi connectivity index (χ4v) is 6.03. The van der Waals surface area contributed by atoms with Crippen molar-refractivity contribution in [2.45, 2.75) is 49.1 Å². The topological polar surface area (TPSA) is 61.6 Å². The van der Waals surface area contributed by atoms with Crippen molar-refractivity contribution in [2.24, 2.45) is 5.73 Å². The van der Waals surface area contributed by atoms with Gasteiger partial charge in [-0.3, -0.25) is 10.1 Å². The lowest BCUT2D eigenvalue weighted by atomic mass is 9.94. The van der Waals surface area contributed by atoms with Crippen LogP contribution in [0, 0.1) is 0 Å². The molecule has 5 heteroatoms. The van der Waals surface area contributed by atoms with E-state index in [2.05, 4.69) is 110 Å². The molecule has 2 aliphatic carbocycles. The molecular formula is C33H42N4O. The first-order valence-electron chi connectivity index (χ1n) is 13.9. The van der Waals surface area contributed by atoms with Crippen molar-refractivity contribution >= 4 is 5.91 Å². The van der Waals surface area contributed by atoms with E-state index in [0.29, 0.717) is 12.5 Å². The lowest BCUT2D eigenvalue weighted by Gasteiger charge is -2.33. The van der Waals surface area contributed by atoms with Crippen molar-refractivity contribution in [1.82, 2.24) is 15.1 Å². The van der Waals surface area contributed by atoms with E-state index >= 15 is 0 Å². The summed E-state index contributed by atoms with van der Waals surface area (Å²) >= 11 is 0. The summed E-state index contributed by atoms with van der Waals surface area (Å²) in [6.07, 6.45) is 2.14. The molecule has 4 unspecified atom stereocenters. The summed E-state index contributed by atoms with van der Waals surface area (Å²) in [5.41, 5.74) is 10.2. The summed E-state index contributed by atoms with van der Waals surface area (Å²) in [5, 5.41) is 3.64. The van der Waals surface area contributed by atoms with Crippen LogP contribution in [-0.2, 0) is 15.7 Å². The minimum absolute atomic E-state index is 0.00829. The SMILES string of the molecule is CC1(N)CC1(C)c1ccccc1.CN1CCN(C(=O)CNC2(c3ccccc3)CC2c2ccccc2)CC1. The number of likely N-dealkylation sites (N-methyl/N-ethyl adjacent to an activating group) is 1. The fourth-order valence-electron chi connectivity index (χ4n) is 6.03. The molecule has 3 aromatic carbocycles. The minimum atomic E-state index is -0.120. The number of nitrogens with one attached hydrogen (secondary N) is 1. The van der Waals surface area contributed by atoms with E-state index in [0.717, 1.165) is 39.0 Å². The number of carbonyl (C=O) groups excluding carboxylic acids is 1. The third kappa shape index (κ3) is 5.42. The van der Waals surface area contributed by atoms with Crippen LogP contribution >= 0.6 is 0 Å². The minimum Gasteiger partial charge on any atom is -0.339 e. The zero-order chi connectivity index (χ0) is 26.8. The standard InChI is InChI=1S/C22H27N3O.C11H15N/c1-24-12-14-25(15-13-24)21(26)17-23-22(19-10-6-3-7-11-19)16-20(22)18-8-4-2-5-9-18;1-10(8-11(10,2)12)9-6-4-3-5-7-9/h2-11,20,23H,12-17H2,1H3;3-7H,8,12H2,1-2H3. The quantitative estimate of drug-likeness (QED) is 0.513. The van der Waals surface area contributed by atoms with Gasteiger partial charge in [-0.15, -0.1) is 0 Å². The molecule has 3 aliphatic rings. The van der Waals surface area contributed by atoms with Crippen LogP contribution in [0.2, 0.25) is 0 Å². The van der Waals surface area contributed by atoms with Crippen LogP contribution in [0.1, 0.15) is 49.3 Å². The molecule has 0 radical (unpaired) electrons. The molecule has 6 rings (SSSR count). The number of hydrogen-bond donors (Lipinski definition) is 2. The molecule has 1 aliphatic heterocycles. The molecule has 3 aromatic rings. The van der Waals surface area contributed by atoms with Gasteiger partial charge in [-0.2, -0.15) is 0 Å². The average Bonchev–Trinajstić information content (AvgIpc) is 3.82. The van der Waals surface area contributed by atoms with E-state index in [-0.39, 0.29) is 22.4 Å².